The van der Waals surface area contributed by atoms with Crippen molar-refractivity contribution >= 4 is 26.3 Å². The molecule has 0 bridgehead atoms. The van der Waals surface area contributed by atoms with Crippen molar-refractivity contribution in [2.75, 3.05) is 7.05 Å². The van der Waals surface area contributed by atoms with Gasteiger partial charge in [-0.25, -0.2) is 0 Å². The first-order valence-electron chi connectivity index (χ1n) is 8.02. The summed E-state index contributed by atoms with van der Waals surface area (Å²) in [5.41, 5.74) is -0.105. The third kappa shape index (κ3) is 1.75. The zero-order chi connectivity index (χ0) is 14.3. The molecule has 7 heteroatoms. The molecule has 2 aliphatic carbocycles. The number of nitrogens with one attached hydrogen (secondary N) is 2. The molecule has 3 saturated heterocycles. The molecular weight excluding hydrogens is 496 g/mol. The summed E-state index contributed by atoms with van der Waals surface area (Å²) in [7, 11) is 2.17. The van der Waals surface area contributed by atoms with Gasteiger partial charge in [-0.3, -0.25) is 0 Å². The van der Waals surface area contributed by atoms with Gasteiger partial charge >= 0.3 is 145 Å². The number of carbonyl (C=O) groups is 1. The molecular formula is C14H22I2N3O2-. The van der Waals surface area contributed by atoms with Gasteiger partial charge < -0.3 is 0 Å². The zero-order valence-corrected chi connectivity index (χ0v) is 16.6. The third-order valence-corrected chi connectivity index (χ3v) is 15.6. The van der Waals surface area contributed by atoms with Crippen LogP contribution in [0.25, 0.3) is 0 Å². The van der Waals surface area contributed by atoms with Crippen molar-refractivity contribution in [2.24, 2.45) is 5.92 Å². The maximum atomic E-state index is 13.0. The van der Waals surface area contributed by atoms with E-state index in [-0.39, 0.29) is 40.3 Å². The van der Waals surface area contributed by atoms with E-state index >= 15 is 0 Å². The van der Waals surface area contributed by atoms with Crippen LogP contribution in [-0.2, 0) is 9.53 Å². The van der Waals surface area contributed by atoms with Crippen LogP contribution in [0.5, 0.6) is 0 Å². The average Bonchev–Trinajstić information content (AvgIpc) is 3.40. The van der Waals surface area contributed by atoms with E-state index in [9.17, 15) is 4.79 Å². The predicted octanol–water partition coefficient (Wildman–Crippen LogP) is -1.13. The van der Waals surface area contributed by atoms with Crippen molar-refractivity contribution in [1.29, 1.82) is 0 Å². The van der Waals surface area contributed by atoms with Gasteiger partial charge in [-0.05, 0) is 0 Å². The van der Waals surface area contributed by atoms with Crippen LogP contribution in [0.4, 0.5) is 0 Å². The van der Waals surface area contributed by atoms with Gasteiger partial charge in [0.1, 0.15) is 0 Å². The number of alkyl halides is 2. The molecule has 0 spiro atoms. The summed E-state index contributed by atoms with van der Waals surface area (Å²) >= 11 is -1.31. The number of likely N-dealkylation sites (N-methyl/N-ethyl adjacent to an activating group) is 1. The molecule has 5 rings (SSSR count). The monoisotopic (exact) mass is 518 g/mol. The summed E-state index contributed by atoms with van der Waals surface area (Å²) in [4.78, 5) is 13.0. The summed E-state index contributed by atoms with van der Waals surface area (Å²) in [6.45, 7) is 0. The molecule has 2 saturated carbocycles. The number of fused-ring (bicyclic) bond motifs is 1. The Bertz CT molecular complexity index is 494. The van der Waals surface area contributed by atoms with E-state index in [1.54, 1.807) is 0 Å². The van der Waals surface area contributed by atoms with Crippen LogP contribution in [0.1, 0.15) is 51.4 Å². The molecule has 0 aromatic carbocycles. The topological polar surface area (TPSA) is 73.2 Å². The van der Waals surface area contributed by atoms with E-state index in [0.29, 0.717) is 5.92 Å². The molecule has 5 nitrogen and oxygen atoms in total. The maximum absolute atomic E-state index is 13.0. The average molecular weight is 518 g/mol. The second-order valence-corrected chi connectivity index (χ2v) is 14.7. The Morgan fingerprint density at radius 3 is 2.38 bits per heavy atom. The first-order valence-corrected chi connectivity index (χ1v) is 13.3. The minimum atomic E-state index is -1.09. The quantitative estimate of drug-likeness (QED) is 0.123. The van der Waals surface area contributed by atoms with Gasteiger partial charge in [0.2, 0.25) is 0 Å². The summed E-state index contributed by atoms with van der Waals surface area (Å²) in [5.74, 6) is 0.731. The van der Waals surface area contributed by atoms with Gasteiger partial charge in [-0.2, -0.15) is 0 Å². The van der Waals surface area contributed by atoms with Crippen molar-refractivity contribution in [3.05, 3.63) is 0 Å². The van der Waals surface area contributed by atoms with Crippen LogP contribution in [0.15, 0.2) is 0 Å². The van der Waals surface area contributed by atoms with Crippen molar-refractivity contribution in [1.82, 2.24) is 10.2 Å². The van der Waals surface area contributed by atoms with Crippen molar-refractivity contribution in [2.45, 2.75) is 64.2 Å². The fourth-order valence-electron chi connectivity index (χ4n) is 4.51. The molecule has 0 amide bonds. The second kappa shape index (κ2) is 4.46. The molecule has 0 aromatic heterocycles. The Morgan fingerprint density at radius 1 is 1.29 bits per heavy atom. The molecule has 3 atom stereocenters. The summed E-state index contributed by atoms with van der Waals surface area (Å²) in [6, 6.07) is 0. The van der Waals surface area contributed by atoms with E-state index in [0.717, 1.165) is 12.8 Å². The summed E-state index contributed by atoms with van der Waals surface area (Å²) in [5, 5.41) is 0. The number of ether oxygens (including phenoxy) is 1. The number of rotatable bonds is 4. The Balaban J connectivity index is 1.37. The standard InChI is InChI=1S/C14H22I2N3O2/c1-19-14(16(19)18-14)13(15-17-13)11(20)21-12(8-4-5-9-12)10-6-2-3-7-10/h10,17-18H,2-9H2,1H3/q-1. The van der Waals surface area contributed by atoms with Gasteiger partial charge in [0.25, 0.3) is 0 Å². The van der Waals surface area contributed by atoms with E-state index in [2.05, 4.69) is 17.2 Å². The molecule has 0 aromatic rings. The fourth-order valence-corrected chi connectivity index (χ4v) is 15.7. The number of hydrogen-bond acceptors (Lipinski definition) is 5. The van der Waals surface area contributed by atoms with Gasteiger partial charge in [0.05, 0.1) is 0 Å². The van der Waals surface area contributed by atoms with Crippen molar-refractivity contribution in [3.63, 3.8) is 0 Å². The van der Waals surface area contributed by atoms with E-state index in [1.807, 2.05) is 0 Å². The molecule has 5 aliphatic rings. The number of hydrogen-bond donors (Lipinski definition) is 2. The Morgan fingerprint density at radius 2 is 1.90 bits per heavy atom. The SMILES string of the molecule is CN1I2NC12C1(C(=O)OC2(C3CCCC3)CCCC2)N[I-]1. The number of halogens is 2. The number of nitrogens with zero attached hydrogens (tertiary/aromatic N) is 1. The number of esters is 1. The predicted molar refractivity (Wildman–Crippen MR) is 82.8 cm³/mol. The normalized spacial score (nSPS) is 48.4. The van der Waals surface area contributed by atoms with Gasteiger partial charge in [-0.1, -0.05) is 0 Å². The second-order valence-electron chi connectivity index (χ2n) is 6.95. The first-order chi connectivity index (χ1) is 10.1. The van der Waals surface area contributed by atoms with E-state index < -0.39 is 20.4 Å². The van der Waals surface area contributed by atoms with Crippen LogP contribution in [-0.4, -0.2) is 28.9 Å². The van der Waals surface area contributed by atoms with Crippen LogP contribution >= 0.6 is 20.4 Å². The molecule has 0 radical (unpaired) electrons. The molecule has 3 unspecified atom stereocenters. The zero-order valence-electron chi connectivity index (χ0n) is 12.3. The molecule has 21 heavy (non-hydrogen) atoms. The Hall–Kier alpha value is 0.810. The first kappa shape index (κ1) is 14.2. The molecule has 2 N–H and O–H groups in total. The number of carbonyl (C=O) groups excluding carboxylic acids is 1. The summed E-state index contributed by atoms with van der Waals surface area (Å²) < 4.78 is 15.6. The molecule has 3 aliphatic heterocycles. The van der Waals surface area contributed by atoms with Crippen LogP contribution in [0.3, 0.4) is 0 Å². The Kier molecular flexibility index (Phi) is 3.01. The van der Waals surface area contributed by atoms with E-state index in [4.69, 9.17) is 4.74 Å². The van der Waals surface area contributed by atoms with Crippen LogP contribution < -0.4 is 28.5 Å². The molecule has 3 heterocycles. The summed E-state index contributed by atoms with van der Waals surface area (Å²) in [6.07, 6.45) is 9.87. The molecule has 120 valence electrons. The van der Waals surface area contributed by atoms with Crippen molar-refractivity contribution in [3.8, 4) is 0 Å². The molecule has 5 fully saturated rings. The van der Waals surface area contributed by atoms with Crippen molar-refractivity contribution < 1.29 is 31.0 Å². The van der Waals surface area contributed by atoms with Crippen LogP contribution in [0.2, 0.25) is 0 Å². The van der Waals surface area contributed by atoms with E-state index in [1.165, 1.54) is 38.5 Å². The van der Waals surface area contributed by atoms with Crippen LogP contribution in [0, 0.1) is 5.92 Å². The minimum absolute atomic E-state index is 0.0940. The van der Waals surface area contributed by atoms with Gasteiger partial charge in [0, 0.05) is 0 Å². The fraction of sp³-hybridized carbons (Fsp3) is 0.929. The Labute approximate surface area is 144 Å². The van der Waals surface area contributed by atoms with Gasteiger partial charge in [0.15, 0.2) is 0 Å². The van der Waals surface area contributed by atoms with Gasteiger partial charge in [-0.15, -0.1) is 0 Å². The third-order valence-electron chi connectivity index (χ3n) is 5.96.